The molecule has 1 saturated heterocycles. The normalized spacial score (nSPS) is 27.4. The van der Waals surface area contributed by atoms with Crippen molar-refractivity contribution >= 4 is 11.9 Å². The number of ether oxygens (including phenoxy) is 3. The van der Waals surface area contributed by atoms with Gasteiger partial charge in [0.1, 0.15) is 18.1 Å². The van der Waals surface area contributed by atoms with E-state index in [9.17, 15) is 27.9 Å². The Labute approximate surface area is 196 Å². The van der Waals surface area contributed by atoms with Crippen LogP contribution in [0.4, 0.5) is 13.2 Å². The largest absolute Gasteiger partial charge is 0.471 e. The Kier molecular flexibility index (Phi) is 7.74. The van der Waals surface area contributed by atoms with Crippen LogP contribution in [0.2, 0.25) is 0 Å². The van der Waals surface area contributed by atoms with Crippen LogP contribution in [-0.2, 0) is 30.4 Å². The summed E-state index contributed by atoms with van der Waals surface area (Å²) in [6.45, 7) is 2.93. The van der Waals surface area contributed by atoms with Crippen molar-refractivity contribution in [2.75, 3.05) is 20.3 Å². The van der Waals surface area contributed by atoms with Gasteiger partial charge in [-0.25, -0.2) is 0 Å². The van der Waals surface area contributed by atoms with Crippen molar-refractivity contribution in [2.45, 2.75) is 63.3 Å². The molecule has 1 aromatic carbocycles. The second-order valence-electron chi connectivity index (χ2n) is 9.14. The standard InChI is InChI=1S/C24H30F3NO6/c1-22(2,31)23(21(30)34-14-16-7-5-4-6-8-16)11-9-17(13-23)28(20(29)24(25,26)27)18-10-12-33-15-19(18)32-3/h4-9,11,17-19,31H,10,12-15H2,1-3H3. The van der Waals surface area contributed by atoms with Gasteiger partial charge in [0.05, 0.1) is 24.3 Å². The highest BCUT2D eigenvalue weighted by Gasteiger charge is 2.57. The van der Waals surface area contributed by atoms with Gasteiger partial charge in [0.25, 0.3) is 0 Å². The summed E-state index contributed by atoms with van der Waals surface area (Å²) in [5.74, 6) is -2.81. The molecule has 34 heavy (non-hydrogen) atoms. The van der Waals surface area contributed by atoms with Gasteiger partial charge in [-0.05, 0) is 32.3 Å². The monoisotopic (exact) mass is 485 g/mol. The Bertz CT molecular complexity index is 898. The van der Waals surface area contributed by atoms with Gasteiger partial charge in [-0.2, -0.15) is 13.2 Å². The quantitative estimate of drug-likeness (QED) is 0.472. The molecule has 3 rings (SSSR count). The number of carbonyl (C=O) groups is 2. The summed E-state index contributed by atoms with van der Waals surface area (Å²) in [6, 6.07) is 6.87. The minimum absolute atomic E-state index is 0.0367. The third kappa shape index (κ3) is 5.29. The number of hydrogen-bond acceptors (Lipinski definition) is 6. The predicted octanol–water partition coefficient (Wildman–Crippen LogP) is 3.01. The van der Waals surface area contributed by atoms with Crippen molar-refractivity contribution in [3.8, 4) is 0 Å². The number of amides is 1. The lowest BCUT2D eigenvalue weighted by molar-refractivity contribution is -0.197. The van der Waals surface area contributed by atoms with Gasteiger partial charge in [0.2, 0.25) is 0 Å². The van der Waals surface area contributed by atoms with Gasteiger partial charge in [-0.1, -0.05) is 42.5 Å². The van der Waals surface area contributed by atoms with Crippen LogP contribution in [0.1, 0.15) is 32.3 Å². The molecule has 4 unspecified atom stereocenters. The van der Waals surface area contributed by atoms with Crippen LogP contribution in [0.15, 0.2) is 42.5 Å². The van der Waals surface area contributed by atoms with E-state index in [1.54, 1.807) is 24.3 Å². The highest BCUT2D eigenvalue weighted by molar-refractivity contribution is 5.85. The van der Waals surface area contributed by atoms with Crippen molar-refractivity contribution in [1.82, 2.24) is 4.90 Å². The zero-order valence-corrected chi connectivity index (χ0v) is 19.4. The van der Waals surface area contributed by atoms with Crippen LogP contribution >= 0.6 is 0 Å². The van der Waals surface area contributed by atoms with E-state index < -0.39 is 47.3 Å². The van der Waals surface area contributed by atoms with Crippen molar-refractivity contribution in [3.05, 3.63) is 48.0 Å². The maximum Gasteiger partial charge on any atom is 0.471 e. The Morgan fingerprint density at radius 1 is 1.24 bits per heavy atom. The van der Waals surface area contributed by atoms with Gasteiger partial charge in [-0.3, -0.25) is 9.59 Å². The number of alkyl halides is 3. The molecule has 10 heteroatoms. The van der Waals surface area contributed by atoms with Crippen LogP contribution in [0.3, 0.4) is 0 Å². The van der Waals surface area contributed by atoms with Gasteiger partial charge >= 0.3 is 18.1 Å². The van der Waals surface area contributed by atoms with Crippen molar-refractivity contribution in [1.29, 1.82) is 0 Å². The van der Waals surface area contributed by atoms with Crippen LogP contribution in [0, 0.1) is 5.41 Å². The van der Waals surface area contributed by atoms with Crippen LogP contribution in [0.5, 0.6) is 0 Å². The summed E-state index contributed by atoms with van der Waals surface area (Å²) in [7, 11) is 1.34. The van der Waals surface area contributed by atoms with E-state index in [0.29, 0.717) is 0 Å². The lowest BCUT2D eigenvalue weighted by atomic mass is 9.72. The molecule has 2 aliphatic rings. The molecule has 188 valence electrons. The zero-order valence-electron chi connectivity index (χ0n) is 19.4. The fourth-order valence-corrected chi connectivity index (χ4v) is 4.58. The summed E-state index contributed by atoms with van der Waals surface area (Å²) < 4.78 is 56.9. The Hall–Kier alpha value is -2.43. The van der Waals surface area contributed by atoms with E-state index in [-0.39, 0.29) is 32.7 Å². The van der Waals surface area contributed by atoms with Gasteiger partial charge in [0, 0.05) is 13.7 Å². The summed E-state index contributed by atoms with van der Waals surface area (Å²) in [4.78, 5) is 26.5. The fraction of sp³-hybridized carbons (Fsp3) is 0.583. The molecule has 0 radical (unpaired) electrons. The summed E-state index contributed by atoms with van der Waals surface area (Å²) in [5, 5.41) is 10.9. The Morgan fingerprint density at radius 2 is 1.91 bits per heavy atom. The van der Waals surface area contributed by atoms with Gasteiger partial charge in [0.15, 0.2) is 0 Å². The van der Waals surface area contributed by atoms with Crippen molar-refractivity contribution in [2.24, 2.45) is 5.41 Å². The third-order valence-electron chi connectivity index (χ3n) is 6.57. The van der Waals surface area contributed by atoms with Crippen LogP contribution in [-0.4, -0.2) is 72.2 Å². The molecule has 1 amide bonds. The maximum atomic E-state index is 13.6. The van der Waals surface area contributed by atoms with Crippen LogP contribution in [0.25, 0.3) is 0 Å². The molecule has 1 aliphatic heterocycles. The number of hydrogen-bond donors (Lipinski definition) is 1. The first-order valence-corrected chi connectivity index (χ1v) is 11.0. The highest BCUT2D eigenvalue weighted by atomic mass is 19.4. The highest BCUT2D eigenvalue weighted by Crippen LogP contribution is 2.46. The predicted molar refractivity (Wildman–Crippen MR) is 115 cm³/mol. The van der Waals surface area contributed by atoms with Gasteiger partial charge in [-0.15, -0.1) is 0 Å². The first-order valence-electron chi connectivity index (χ1n) is 11.0. The summed E-state index contributed by atoms with van der Waals surface area (Å²) >= 11 is 0. The number of benzene rings is 1. The first kappa shape index (κ1) is 26.2. The fourth-order valence-electron chi connectivity index (χ4n) is 4.58. The SMILES string of the molecule is COC1COCCC1N(C(=O)C(F)(F)F)C1C=CC(C(=O)OCc2ccccc2)(C(C)(C)O)C1. The smallest absolute Gasteiger partial charge is 0.460 e. The molecular formula is C24H30F3NO6. The summed E-state index contributed by atoms with van der Waals surface area (Å²) in [6.07, 6.45) is -3.29. The van der Waals surface area contributed by atoms with E-state index in [4.69, 9.17) is 14.2 Å². The second-order valence-corrected chi connectivity index (χ2v) is 9.14. The lowest BCUT2D eigenvalue weighted by Gasteiger charge is -2.44. The molecule has 0 bridgehead atoms. The molecule has 0 aromatic heterocycles. The number of carbonyl (C=O) groups excluding carboxylic acids is 2. The topological polar surface area (TPSA) is 85.3 Å². The molecule has 4 atom stereocenters. The van der Waals surface area contributed by atoms with Crippen LogP contribution < -0.4 is 0 Å². The third-order valence-corrected chi connectivity index (χ3v) is 6.57. The molecular weight excluding hydrogens is 455 g/mol. The number of aliphatic hydroxyl groups is 1. The molecule has 1 N–H and O–H groups in total. The number of nitrogens with zero attached hydrogens (tertiary/aromatic N) is 1. The molecule has 1 aromatic rings. The summed E-state index contributed by atoms with van der Waals surface area (Å²) in [5.41, 5.74) is -2.60. The number of methoxy groups -OCH3 is 1. The van der Waals surface area contributed by atoms with Crippen molar-refractivity contribution < 1.29 is 42.1 Å². The van der Waals surface area contributed by atoms with Crippen molar-refractivity contribution in [3.63, 3.8) is 0 Å². The molecule has 1 fully saturated rings. The molecule has 0 spiro atoms. The molecule has 1 heterocycles. The number of halogens is 3. The zero-order chi connectivity index (χ0) is 25.1. The average Bonchev–Trinajstić information content (AvgIpc) is 3.24. The lowest BCUT2D eigenvalue weighted by Crippen LogP contribution is -2.59. The molecule has 1 aliphatic carbocycles. The molecule has 0 saturated carbocycles. The number of rotatable bonds is 7. The van der Waals surface area contributed by atoms with E-state index in [0.717, 1.165) is 10.5 Å². The molecule has 7 nitrogen and oxygen atoms in total. The minimum Gasteiger partial charge on any atom is -0.460 e. The van der Waals surface area contributed by atoms with E-state index in [2.05, 4.69) is 0 Å². The minimum atomic E-state index is -5.13. The van der Waals surface area contributed by atoms with E-state index in [1.807, 2.05) is 6.07 Å². The number of esters is 1. The second kappa shape index (κ2) is 10.1. The van der Waals surface area contributed by atoms with E-state index in [1.165, 1.54) is 33.1 Å². The Morgan fingerprint density at radius 3 is 2.50 bits per heavy atom. The average molecular weight is 485 g/mol. The maximum absolute atomic E-state index is 13.6. The van der Waals surface area contributed by atoms with E-state index >= 15 is 0 Å². The Balaban J connectivity index is 1.90. The first-order chi connectivity index (χ1) is 15.9. The van der Waals surface area contributed by atoms with Gasteiger partial charge < -0.3 is 24.2 Å².